The van der Waals surface area contributed by atoms with Crippen LogP contribution in [-0.2, 0) is 9.84 Å². The second-order valence-corrected chi connectivity index (χ2v) is 7.36. The fraction of sp³-hybridized carbons (Fsp3) is 0.0833. The molecule has 2 aromatic rings. The van der Waals surface area contributed by atoms with Gasteiger partial charge in [-0.25, -0.2) is 18.4 Å². The number of hydrogen-bond acceptors (Lipinski definition) is 5. The van der Waals surface area contributed by atoms with E-state index in [2.05, 4.69) is 15.3 Å². The van der Waals surface area contributed by atoms with Gasteiger partial charge in [0.1, 0.15) is 0 Å². The molecule has 1 aromatic heterocycles. The van der Waals surface area contributed by atoms with Crippen molar-refractivity contribution >= 4 is 56.2 Å². The predicted molar refractivity (Wildman–Crippen MR) is 84.6 cm³/mol. The molecule has 116 valence electrons. The summed E-state index contributed by atoms with van der Waals surface area (Å²) in [4.78, 5) is 19.4. The lowest BCUT2D eigenvalue weighted by molar-refractivity contribution is 0.102. The molecular weight excluding hydrogens is 373 g/mol. The number of hydrogen-bond donors (Lipinski definition) is 1. The van der Waals surface area contributed by atoms with Gasteiger partial charge in [0.05, 0.1) is 21.9 Å². The second-order valence-electron chi connectivity index (χ2n) is 4.20. The van der Waals surface area contributed by atoms with Gasteiger partial charge < -0.3 is 5.32 Å². The number of carbonyl (C=O) groups excluding carboxylic acids is 1. The van der Waals surface area contributed by atoms with Crippen LogP contribution in [0.25, 0.3) is 0 Å². The predicted octanol–water partition coefficient (Wildman–Crippen LogP) is 3.09. The molecule has 0 bridgehead atoms. The first-order valence-electron chi connectivity index (χ1n) is 5.67. The first kappa shape index (κ1) is 17.0. The number of anilines is 1. The summed E-state index contributed by atoms with van der Waals surface area (Å²) in [6.07, 6.45) is 1.97. The Morgan fingerprint density at radius 3 is 2.45 bits per heavy atom. The van der Waals surface area contributed by atoms with Crippen molar-refractivity contribution < 1.29 is 13.2 Å². The third-order valence-corrected chi connectivity index (χ3v) is 4.13. The van der Waals surface area contributed by atoms with E-state index in [9.17, 15) is 13.2 Å². The smallest absolute Gasteiger partial charge is 0.276 e. The van der Waals surface area contributed by atoms with Gasteiger partial charge in [-0.3, -0.25) is 4.79 Å². The van der Waals surface area contributed by atoms with Gasteiger partial charge in [-0.2, -0.15) is 0 Å². The van der Waals surface area contributed by atoms with Gasteiger partial charge in [0, 0.05) is 11.3 Å². The molecule has 0 aliphatic carbocycles. The zero-order valence-electron chi connectivity index (χ0n) is 11.0. The molecule has 1 N–H and O–H groups in total. The van der Waals surface area contributed by atoms with Gasteiger partial charge in [-0.1, -0.05) is 34.8 Å². The van der Waals surface area contributed by atoms with Crippen LogP contribution in [0.2, 0.25) is 15.1 Å². The van der Waals surface area contributed by atoms with Crippen molar-refractivity contribution in [1.82, 2.24) is 9.97 Å². The number of sulfone groups is 1. The fourth-order valence-electron chi connectivity index (χ4n) is 1.46. The van der Waals surface area contributed by atoms with E-state index >= 15 is 0 Å². The van der Waals surface area contributed by atoms with Gasteiger partial charge in [0.2, 0.25) is 15.0 Å². The lowest BCUT2D eigenvalue weighted by Gasteiger charge is -2.08. The van der Waals surface area contributed by atoms with Crippen LogP contribution >= 0.6 is 34.8 Å². The molecule has 0 aliphatic heterocycles. The van der Waals surface area contributed by atoms with Crippen LogP contribution in [0.5, 0.6) is 0 Å². The van der Waals surface area contributed by atoms with Gasteiger partial charge in [-0.05, 0) is 18.2 Å². The topological polar surface area (TPSA) is 89.0 Å². The maximum atomic E-state index is 12.2. The van der Waals surface area contributed by atoms with Crippen LogP contribution in [0.3, 0.4) is 0 Å². The normalized spacial score (nSPS) is 11.3. The molecule has 0 saturated heterocycles. The standard InChI is InChI=1S/C12H8Cl3N3O3S/c1-22(20,21)12-16-5-8(15)10(18-12)11(19)17-9-3-2-6(13)4-7(9)14/h2-5H,1H3,(H,17,19). The minimum atomic E-state index is -3.67. The summed E-state index contributed by atoms with van der Waals surface area (Å²) in [5, 5.41) is 2.51. The van der Waals surface area contributed by atoms with Crippen LogP contribution in [0, 0.1) is 0 Å². The van der Waals surface area contributed by atoms with Crippen molar-refractivity contribution in [2.24, 2.45) is 0 Å². The number of nitrogens with zero attached hydrogens (tertiary/aromatic N) is 2. The number of rotatable bonds is 3. The molecule has 0 atom stereocenters. The Labute approximate surface area is 141 Å². The third kappa shape index (κ3) is 3.86. The number of amides is 1. The summed E-state index contributed by atoms with van der Waals surface area (Å²) >= 11 is 17.5. The summed E-state index contributed by atoms with van der Waals surface area (Å²) in [6, 6.07) is 4.48. The van der Waals surface area contributed by atoms with Crippen LogP contribution < -0.4 is 5.32 Å². The van der Waals surface area contributed by atoms with Gasteiger partial charge in [0.15, 0.2) is 5.69 Å². The van der Waals surface area contributed by atoms with Crippen molar-refractivity contribution in [3.05, 3.63) is 45.2 Å². The van der Waals surface area contributed by atoms with E-state index in [0.29, 0.717) is 5.02 Å². The number of halogens is 3. The molecule has 0 aliphatic rings. The minimum absolute atomic E-state index is 0.0880. The van der Waals surface area contributed by atoms with Crippen LogP contribution in [0.4, 0.5) is 5.69 Å². The van der Waals surface area contributed by atoms with Crippen molar-refractivity contribution in [2.75, 3.05) is 11.6 Å². The molecule has 0 radical (unpaired) electrons. The maximum absolute atomic E-state index is 12.2. The van der Waals surface area contributed by atoms with E-state index in [1.165, 1.54) is 18.2 Å². The Kier molecular flexibility index (Phi) is 4.91. The van der Waals surface area contributed by atoms with E-state index in [-0.39, 0.29) is 21.4 Å². The van der Waals surface area contributed by atoms with E-state index in [1.807, 2.05) is 0 Å². The fourth-order valence-corrected chi connectivity index (χ4v) is 2.60. The molecule has 1 heterocycles. The molecule has 22 heavy (non-hydrogen) atoms. The molecule has 0 saturated carbocycles. The molecule has 6 nitrogen and oxygen atoms in total. The monoisotopic (exact) mass is 379 g/mol. The van der Waals surface area contributed by atoms with Crippen LogP contribution in [0.1, 0.15) is 10.5 Å². The van der Waals surface area contributed by atoms with Crippen LogP contribution in [-0.4, -0.2) is 30.5 Å². The molecule has 0 fully saturated rings. The number of aromatic nitrogens is 2. The lowest BCUT2D eigenvalue weighted by Crippen LogP contribution is -2.17. The lowest BCUT2D eigenvalue weighted by atomic mass is 10.3. The molecule has 0 spiro atoms. The molecule has 0 unspecified atom stereocenters. The van der Waals surface area contributed by atoms with E-state index < -0.39 is 20.9 Å². The average molecular weight is 381 g/mol. The summed E-state index contributed by atoms with van der Waals surface area (Å²) in [5.41, 5.74) is 0.00904. The first-order valence-corrected chi connectivity index (χ1v) is 8.70. The van der Waals surface area contributed by atoms with Crippen molar-refractivity contribution in [3.63, 3.8) is 0 Å². The van der Waals surface area contributed by atoms with Gasteiger partial charge in [0.25, 0.3) is 5.91 Å². The highest BCUT2D eigenvalue weighted by molar-refractivity contribution is 7.90. The first-order chi connectivity index (χ1) is 10.2. The Bertz CT molecular complexity index is 856. The number of carbonyl (C=O) groups is 1. The summed E-state index contributed by atoms with van der Waals surface area (Å²) < 4.78 is 22.9. The van der Waals surface area contributed by atoms with Crippen molar-refractivity contribution in [1.29, 1.82) is 0 Å². The minimum Gasteiger partial charge on any atom is -0.319 e. The molecule has 1 aromatic carbocycles. The summed E-state index contributed by atoms with van der Waals surface area (Å²) in [6.45, 7) is 0. The highest BCUT2D eigenvalue weighted by Gasteiger charge is 2.19. The number of benzene rings is 1. The molecule has 2 rings (SSSR count). The Hall–Kier alpha value is -1.41. The van der Waals surface area contributed by atoms with E-state index in [4.69, 9.17) is 34.8 Å². The molecular formula is C12H8Cl3N3O3S. The van der Waals surface area contributed by atoms with Crippen molar-refractivity contribution in [3.8, 4) is 0 Å². The molecule has 1 amide bonds. The summed E-state index contributed by atoms with van der Waals surface area (Å²) in [7, 11) is -3.67. The highest BCUT2D eigenvalue weighted by atomic mass is 35.5. The Balaban J connectivity index is 2.37. The zero-order valence-corrected chi connectivity index (χ0v) is 14.1. The quantitative estimate of drug-likeness (QED) is 0.827. The average Bonchev–Trinajstić information content (AvgIpc) is 2.41. The largest absolute Gasteiger partial charge is 0.319 e. The van der Waals surface area contributed by atoms with E-state index in [0.717, 1.165) is 12.5 Å². The second kappa shape index (κ2) is 6.37. The van der Waals surface area contributed by atoms with Gasteiger partial charge in [-0.15, -0.1) is 0 Å². The highest BCUT2D eigenvalue weighted by Crippen LogP contribution is 2.26. The third-order valence-electron chi connectivity index (χ3n) is 2.45. The zero-order chi connectivity index (χ0) is 16.5. The van der Waals surface area contributed by atoms with E-state index in [1.54, 1.807) is 0 Å². The van der Waals surface area contributed by atoms with Crippen molar-refractivity contribution in [2.45, 2.75) is 5.16 Å². The Morgan fingerprint density at radius 2 is 1.86 bits per heavy atom. The molecule has 10 heteroatoms. The van der Waals surface area contributed by atoms with Gasteiger partial charge >= 0.3 is 0 Å². The van der Waals surface area contributed by atoms with Crippen LogP contribution in [0.15, 0.2) is 29.6 Å². The number of nitrogens with one attached hydrogen (secondary N) is 1. The summed E-state index contributed by atoms with van der Waals surface area (Å²) in [5.74, 6) is -0.721. The Morgan fingerprint density at radius 1 is 1.18 bits per heavy atom. The maximum Gasteiger partial charge on any atom is 0.276 e. The SMILES string of the molecule is CS(=O)(=O)c1ncc(Cl)c(C(=O)Nc2ccc(Cl)cc2Cl)n1.